The molecule has 1 aromatic rings. The van der Waals surface area contributed by atoms with Crippen molar-refractivity contribution in [1.29, 1.82) is 0 Å². The minimum absolute atomic E-state index is 0.225. The molecule has 0 aliphatic heterocycles. The van der Waals surface area contributed by atoms with Gasteiger partial charge in [-0.25, -0.2) is 4.79 Å². The number of carbonyl (C=O) groups is 2. The lowest BCUT2D eigenvalue weighted by atomic mass is 10.2. The molecule has 1 atom stereocenters. The number of benzene rings is 1. The fraction of sp³-hybridized carbons (Fsp3) is 0.467. The van der Waals surface area contributed by atoms with Crippen LogP contribution in [0.25, 0.3) is 0 Å². The predicted octanol–water partition coefficient (Wildman–Crippen LogP) is 1.53. The number of amides is 1. The molecule has 1 aromatic carbocycles. The fourth-order valence-electron chi connectivity index (χ4n) is 1.80. The zero-order valence-electron chi connectivity index (χ0n) is 12.3. The highest BCUT2D eigenvalue weighted by Crippen LogP contribution is 2.25. The number of ether oxygens (including phenoxy) is 3. The van der Waals surface area contributed by atoms with Crippen LogP contribution in [0.15, 0.2) is 18.2 Å². The second-order valence-electron chi connectivity index (χ2n) is 4.90. The molecular formula is C15H19NO5. The Hall–Kier alpha value is -2.24. The van der Waals surface area contributed by atoms with Gasteiger partial charge in [0.2, 0.25) is 0 Å². The van der Waals surface area contributed by atoms with E-state index in [9.17, 15) is 9.59 Å². The van der Waals surface area contributed by atoms with E-state index in [1.54, 1.807) is 19.1 Å². The standard InChI is InChI=1S/C15H19NO5/c1-9(14(17)16-10-4-5-10)21-15(18)12-8-11(19-2)6-7-13(12)20-3/h6-10H,4-5H2,1-3H3,(H,16,17)/t9-/m1/s1. The van der Waals surface area contributed by atoms with E-state index >= 15 is 0 Å². The molecule has 114 valence electrons. The lowest BCUT2D eigenvalue weighted by Crippen LogP contribution is -2.37. The molecule has 1 fully saturated rings. The van der Waals surface area contributed by atoms with Gasteiger partial charge in [-0.05, 0) is 38.0 Å². The van der Waals surface area contributed by atoms with Crippen LogP contribution in [0, 0.1) is 0 Å². The molecule has 2 rings (SSSR count). The van der Waals surface area contributed by atoms with Crippen LogP contribution in [0.1, 0.15) is 30.1 Å². The number of rotatable bonds is 6. The number of nitrogens with one attached hydrogen (secondary N) is 1. The first kappa shape index (κ1) is 15.2. The summed E-state index contributed by atoms with van der Waals surface area (Å²) in [6.45, 7) is 1.54. The summed E-state index contributed by atoms with van der Waals surface area (Å²) in [5.74, 6) is -0.0228. The van der Waals surface area contributed by atoms with Crippen LogP contribution in [-0.2, 0) is 9.53 Å². The molecule has 1 saturated carbocycles. The van der Waals surface area contributed by atoms with Crippen LogP contribution in [-0.4, -0.2) is 38.2 Å². The molecule has 0 aromatic heterocycles. The summed E-state index contributed by atoms with van der Waals surface area (Å²) in [6, 6.07) is 5.04. The van der Waals surface area contributed by atoms with Gasteiger partial charge in [-0.3, -0.25) is 4.79 Å². The van der Waals surface area contributed by atoms with Crippen LogP contribution >= 0.6 is 0 Å². The Bertz CT molecular complexity index is 539. The maximum Gasteiger partial charge on any atom is 0.342 e. The summed E-state index contributed by atoms with van der Waals surface area (Å²) in [4.78, 5) is 24.0. The summed E-state index contributed by atoms with van der Waals surface area (Å²) >= 11 is 0. The topological polar surface area (TPSA) is 73.9 Å². The average molecular weight is 293 g/mol. The monoisotopic (exact) mass is 293 g/mol. The molecule has 6 nitrogen and oxygen atoms in total. The number of hydrogen-bond donors (Lipinski definition) is 1. The number of carbonyl (C=O) groups excluding carboxylic acids is 2. The molecule has 0 heterocycles. The van der Waals surface area contributed by atoms with E-state index in [0.717, 1.165) is 12.8 Å². The molecule has 0 spiro atoms. The van der Waals surface area contributed by atoms with Crippen molar-refractivity contribution in [1.82, 2.24) is 5.32 Å². The van der Waals surface area contributed by atoms with E-state index in [1.807, 2.05) is 0 Å². The molecule has 6 heteroatoms. The first-order valence-corrected chi connectivity index (χ1v) is 6.78. The summed E-state index contributed by atoms with van der Waals surface area (Å²) in [5, 5.41) is 2.79. The van der Waals surface area contributed by atoms with Gasteiger partial charge in [-0.2, -0.15) is 0 Å². The summed E-state index contributed by atoms with van der Waals surface area (Å²) < 4.78 is 15.4. The highest BCUT2D eigenvalue weighted by atomic mass is 16.5. The van der Waals surface area contributed by atoms with Crippen molar-refractivity contribution in [3.05, 3.63) is 23.8 Å². The van der Waals surface area contributed by atoms with Crippen molar-refractivity contribution in [2.45, 2.75) is 31.9 Å². The predicted molar refractivity (Wildman–Crippen MR) is 75.6 cm³/mol. The quantitative estimate of drug-likeness (QED) is 0.805. The molecule has 0 saturated heterocycles. The third-order valence-electron chi connectivity index (χ3n) is 3.20. The minimum atomic E-state index is -0.853. The molecule has 0 unspecified atom stereocenters. The number of methoxy groups -OCH3 is 2. The van der Waals surface area contributed by atoms with Gasteiger partial charge in [0, 0.05) is 6.04 Å². The Morgan fingerprint density at radius 2 is 1.95 bits per heavy atom. The summed E-state index contributed by atoms with van der Waals surface area (Å²) in [5.41, 5.74) is 0.225. The SMILES string of the molecule is COc1ccc(OC)c(C(=O)O[C@H](C)C(=O)NC2CC2)c1. The highest BCUT2D eigenvalue weighted by Gasteiger charge is 2.28. The summed E-state index contributed by atoms with van der Waals surface area (Å²) in [7, 11) is 2.96. The van der Waals surface area contributed by atoms with Gasteiger partial charge in [-0.15, -0.1) is 0 Å². The summed E-state index contributed by atoms with van der Waals surface area (Å²) in [6.07, 6.45) is 1.11. The Morgan fingerprint density at radius 1 is 1.24 bits per heavy atom. The van der Waals surface area contributed by atoms with Crippen molar-refractivity contribution in [2.75, 3.05) is 14.2 Å². The highest BCUT2D eigenvalue weighted by molar-refractivity contribution is 5.95. The zero-order valence-corrected chi connectivity index (χ0v) is 12.3. The Morgan fingerprint density at radius 3 is 2.52 bits per heavy atom. The molecular weight excluding hydrogens is 274 g/mol. The molecule has 0 radical (unpaired) electrons. The Kier molecular flexibility index (Phi) is 4.67. The van der Waals surface area contributed by atoms with Gasteiger partial charge in [-0.1, -0.05) is 0 Å². The van der Waals surface area contributed by atoms with Crippen LogP contribution in [0.5, 0.6) is 11.5 Å². The van der Waals surface area contributed by atoms with Crippen molar-refractivity contribution in [3.8, 4) is 11.5 Å². The van der Waals surface area contributed by atoms with Gasteiger partial charge in [0.1, 0.15) is 17.1 Å². The van der Waals surface area contributed by atoms with Crippen molar-refractivity contribution >= 4 is 11.9 Å². The van der Waals surface area contributed by atoms with Gasteiger partial charge < -0.3 is 19.5 Å². The molecule has 1 amide bonds. The second kappa shape index (κ2) is 6.47. The molecule has 21 heavy (non-hydrogen) atoms. The smallest absolute Gasteiger partial charge is 0.342 e. The molecule has 1 aliphatic carbocycles. The molecule has 0 bridgehead atoms. The molecule has 1 aliphatic rings. The van der Waals surface area contributed by atoms with E-state index in [2.05, 4.69) is 5.32 Å². The van der Waals surface area contributed by atoms with Gasteiger partial charge >= 0.3 is 5.97 Å². The van der Waals surface area contributed by atoms with E-state index in [0.29, 0.717) is 11.5 Å². The van der Waals surface area contributed by atoms with Crippen LogP contribution in [0.2, 0.25) is 0 Å². The lowest BCUT2D eigenvalue weighted by molar-refractivity contribution is -0.129. The largest absolute Gasteiger partial charge is 0.497 e. The zero-order chi connectivity index (χ0) is 15.4. The van der Waals surface area contributed by atoms with Crippen LogP contribution in [0.4, 0.5) is 0 Å². The maximum absolute atomic E-state index is 12.2. The normalized spacial score (nSPS) is 15.0. The van der Waals surface area contributed by atoms with Gasteiger partial charge in [0.25, 0.3) is 5.91 Å². The minimum Gasteiger partial charge on any atom is -0.497 e. The van der Waals surface area contributed by atoms with E-state index in [-0.39, 0.29) is 17.5 Å². The third kappa shape index (κ3) is 3.87. The second-order valence-corrected chi connectivity index (χ2v) is 4.90. The van der Waals surface area contributed by atoms with Crippen molar-refractivity contribution < 1.29 is 23.8 Å². The van der Waals surface area contributed by atoms with Crippen molar-refractivity contribution in [2.24, 2.45) is 0 Å². The fourth-order valence-corrected chi connectivity index (χ4v) is 1.80. The third-order valence-corrected chi connectivity index (χ3v) is 3.20. The van der Waals surface area contributed by atoms with E-state index in [1.165, 1.54) is 20.3 Å². The lowest BCUT2D eigenvalue weighted by Gasteiger charge is -2.15. The average Bonchev–Trinajstić information content (AvgIpc) is 3.30. The Labute approximate surface area is 123 Å². The van der Waals surface area contributed by atoms with E-state index < -0.39 is 12.1 Å². The van der Waals surface area contributed by atoms with Crippen LogP contribution < -0.4 is 14.8 Å². The Balaban J connectivity index is 2.05. The first-order valence-electron chi connectivity index (χ1n) is 6.78. The number of hydrogen-bond acceptors (Lipinski definition) is 5. The maximum atomic E-state index is 12.2. The van der Waals surface area contributed by atoms with Gasteiger partial charge in [0.05, 0.1) is 14.2 Å². The van der Waals surface area contributed by atoms with Crippen molar-refractivity contribution in [3.63, 3.8) is 0 Å². The number of esters is 1. The van der Waals surface area contributed by atoms with Crippen LogP contribution in [0.3, 0.4) is 0 Å². The van der Waals surface area contributed by atoms with E-state index in [4.69, 9.17) is 14.2 Å². The molecule has 1 N–H and O–H groups in total. The van der Waals surface area contributed by atoms with Gasteiger partial charge in [0.15, 0.2) is 6.10 Å². The first-order chi connectivity index (χ1) is 10.0.